The summed E-state index contributed by atoms with van der Waals surface area (Å²) in [4.78, 5) is 31.4. The van der Waals surface area contributed by atoms with E-state index in [2.05, 4.69) is 32.2 Å². The number of hydrogen-bond donors (Lipinski definition) is 0. The van der Waals surface area contributed by atoms with Gasteiger partial charge in [-0.25, -0.2) is 0 Å². The number of rotatable bonds is 9. The fourth-order valence-electron chi connectivity index (χ4n) is 4.22. The Morgan fingerprint density at radius 2 is 1.94 bits per heavy atom. The van der Waals surface area contributed by atoms with Crippen LogP contribution in [0.1, 0.15) is 68.5 Å². The lowest BCUT2D eigenvalue weighted by Crippen LogP contribution is -2.47. The monoisotopic (exact) mass is 460 g/mol. The Kier molecular flexibility index (Phi) is 8.56. The molecule has 6 heteroatoms. The Labute approximate surface area is 195 Å². The summed E-state index contributed by atoms with van der Waals surface area (Å²) in [6.45, 7) is 7.73. The van der Waals surface area contributed by atoms with Gasteiger partial charge in [-0.05, 0) is 53.5 Å². The van der Waals surface area contributed by atoms with Gasteiger partial charge in [-0.3, -0.25) is 9.59 Å². The van der Waals surface area contributed by atoms with Crippen molar-refractivity contribution in [2.24, 2.45) is 5.92 Å². The molecule has 1 atom stereocenters. The fraction of sp³-hybridized carbons (Fsp3) is 0.520. The normalized spacial score (nSPS) is 15.8. The molecule has 0 radical (unpaired) electrons. The molecule has 0 saturated heterocycles. The summed E-state index contributed by atoms with van der Waals surface area (Å²) < 4.78 is 0. The number of hydrogen-bond acceptors (Lipinski definition) is 3. The lowest BCUT2D eigenvalue weighted by atomic mass is 9.93. The first-order valence-corrected chi connectivity index (χ1v) is 12.6. The van der Waals surface area contributed by atoms with Crippen LogP contribution in [0.2, 0.25) is 5.02 Å². The van der Waals surface area contributed by atoms with Crippen LogP contribution >= 0.6 is 22.9 Å². The molecule has 1 aromatic carbocycles. The van der Waals surface area contributed by atoms with Crippen molar-refractivity contribution in [3.05, 3.63) is 56.7 Å². The van der Waals surface area contributed by atoms with Crippen LogP contribution < -0.4 is 0 Å². The molecule has 168 valence electrons. The third-order valence-electron chi connectivity index (χ3n) is 5.73. The molecule has 1 aliphatic rings. The summed E-state index contributed by atoms with van der Waals surface area (Å²) in [5.41, 5.74) is 2.25. The molecule has 0 fully saturated rings. The number of carbonyl (C=O) groups excluding carboxylic acids is 2. The average Bonchev–Trinajstić information content (AvgIpc) is 3.22. The Balaban J connectivity index is 1.81. The second-order valence-electron chi connectivity index (χ2n) is 8.72. The number of nitrogens with zero attached hydrogens (tertiary/aromatic N) is 2. The number of carbonyl (C=O) groups is 2. The fourth-order valence-corrected chi connectivity index (χ4v) is 5.25. The van der Waals surface area contributed by atoms with Gasteiger partial charge in [0.2, 0.25) is 11.8 Å². The second-order valence-corrected chi connectivity index (χ2v) is 10.2. The molecule has 1 aliphatic heterocycles. The molecule has 2 aromatic rings. The third-order valence-corrected chi connectivity index (χ3v) is 6.98. The maximum absolute atomic E-state index is 13.5. The molecule has 2 amide bonds. The lowest BCUT2D eigenvalue weighted by molar-refractivity contribution is -0.142. The van der Waals surface area contributed by atoms with Crippen LogP contribution in [0, 0.1) is 5.92 Å². The van der Waals surface area contributed by atoms with Crippen LogP contribution in [0.25, 0.3) is 0 Å². The predicted octanol–water partition coefficient (Wildman–Crippen LogP) is 5.94. The molecule has 31 heavy (non-hydrogen) atoms. The van der Waals surface area contributed by atoms with E-state index >= 15 is 0 Å². The van der Waals surface area contributed by atoms with Crippen molar-refractivity contribution in [2.45, 2.75) is 58.9 Å². The van der Waals surface area contributed by atoms with Gasteiger partial charge in [-0.15, -0.1) is 11.3 Å². The molecular weight excluding hydrogens is 428 g/mol. The van der Waals surface area contributed by atoms with Crippen LogP contribution in [-0.4, -0.2) is 41.2 Å². The van der Waals surface area contributed by atoms with Crippen molar-refractivity contribution in [2.75, 3.05) is 19.6 Å². The van der Waals surface area contributed by atoms with E-state index in [4.69, 9.17) is 11.6 Å². The van der Waals surface area contributed by atoms with Crippen molar-refractivity contribution in [1.29, 1.82) is 0 Å². The van der Waals surface area contributed by atoms with Gasteiger partial charge >= 0.3 is 0 Å². The summed E-state index contributed by atoms with van der Waals surface area (Å²) >= 11 is 7.86. The molecule has 0 spiro atoms. The molecule has 1 unspecified atom stereocenters. The standard InChI is InChI=1S/C25H33ClN2O2S/c1-4-5-6-7-23(29)27(16-18(2)3)17-24(30)28-14-12-22-21(13-15-31-22)25(28)19-8-10-20(26)11-9-19/h8-11,13,15,18,25H,4-7,12,14,16-17H2,1-3H3. The van der Waals surface area contributed by atoms with E-state index in [1.165, 1.54) is 10.4 Å². The zero-order chi connectivity index (χ0) is 22.4. The van der Waals surface area contributed by atoms with E-state index in [0.717, 1.165) is 31.2 Å². The van der Waals surface area contributed by atoms with Crippen molar-refractivity contribution >= 4 is 34.8 Å². The molecule has 3 rings (SSSR count). The Morgan fingerprint density at radius 1 is 1.19 bits per heavy atom. The van der Waals surface area contributed by atoms with Crippen molar-refractivity contribution in [3.63, 3.8) is 0 Å². The Hall–Kier alpha value is -1.85. The average molecular weight is 461 g/mol. The largest absolute Gasteiger partial charge is 0.333 e. The van der Waals surface area contributed by atoms with Gasteiger partial charge in [-0.2, -0.15) is 0 Å². The van der Waals surface area contributed by atoms with Gasteiger partial charge in [0.1, 0.15) is 0 Å². The third kappa shape index (κ3) is 6.11. The van der Waals surface area contributed by atoms with E-state index in [-0.39, 0.29) is 24.4 Å². The van der Waals surface area contributed by atoms with Crippen molar-refractivity contribution in [3.8, 4) is 0 Å². The van der Waals surface area contributed by atoms with Gasteiger partial charge in [0.15, 0.2) is 0 Å². The summed E-state index contributed by atoms with van der Waals surface area (Å²) in [7, 11) is 0. The SMILES string of the molecule is CCCCCC(=O)N(CC(=O)N1CCc2sccc2C1c1ccc(Cl)cc1)CC(C)C. The maximum Gasteiger partial charge on any atom is 0.242 e. The summed E-state index contributed by atoms with van der Waals surface area (Å²) in [5.74, 6) is 0.424. The Morgan fingerprint density at radius 3 is 2.61 bits per heavy atom. The molecule has 2 heterocycles. The molecule has 0 aliphatic carbocycles. The molecular formula is C25H33ClN2O2S. The van der Waals surface area contributed by atoms with Crippen LogP contribution in [0.4, 0.5) is 0 Å². The zero-order valence-electron chi connectivity index (χ0n) is 18.8. The molecule has 0 bridgehead atoms. The zero-order valence-corrected chi connectivity index (χ0v) is 20.3. The lowest BCUT2D eigenvalue weighted by Gasteiger charge is -2.38. The smallest absolute Gasteiger partial charge is 0.242 e. The first-order chi connectivity index (χ1) is 14.9. The molecule has 4 nitrogen and oxygen atoms in total. The summed E-state index contributed by atoms with van der Waals surface area (Å²) in [5, 5.41) is 2.79. The highest BCUT2D eigenvalue weighted by molar-refractivity contribution is 7.10. The van der Waals surface area contributed by atoms with Crippen molar-refractivity contribution in [1.82, 2.24) is 9.80 Å². The van der Waals surface area contributed by atoms with E-state index in [9.17, 15) is 9.59 Å². The van der Waals surface area contributed by atoms with Crippen LogP contribution in [-0.2, 0) is 16.0 Å². The highest BCUT2D eigenvalue weighted by Crippen LogP contribution is 2.38. The first-order valence-electron chi connectivity index (χ1n) is 11.3. The number of amides is 2. The van der Waals surface area contributed by atoms with Gasteiger partial charge in [0.25, 0.3) is 0 Å². The second kappa shape index (κ2) is 11.1. The highest BCUT2D eigenvalue weighted by Gasteiger charge is 2.34. The first kappa shape index (κ1) is 23.8. The summed E-state index contributed by atoms with van der Waals surface area (Å²) in [6, 6.07) is 9.76. The maximum atomic E-state index is 13.5. The van der Waals surface area contributed by atoms with Gasteiger partial charge < -0.3 is 9.80 Å². The van der Waals surface area contributed by atoms with Crippen LogP contribution in [0.3, 0.4) is 0 Å². The van der Waals surface area contributed by atoms with E-state index in [0.29, 0.717) is 30.5 Å². The number of fused-ring (bicyclic) bond motifs is 1. The van der Waals surface area contributed by atoms with E-state index in [1.54, 1.807) is 16.2 Å². The molecule has 0 saturated carbocycles. The molecule has 1 aromatic heterocycles. The van der Waals surface area contributed by atoms with Crippen LogP contribution in [0.15, 0.2) is 35.7 Å². The van der Waals surface area contributed by atoms with E-state index < -0.39 is 0 Å². The predicted molar refractivity (Wildman–Crippen MR) is 129 cm³/mol. The van der Waals surface area contributed by atoms with Gasteiger partial charge in [0.05, 0.1) is 12.6 Å². The minimum absolute atomic E-state index is 0.0151. The van der Waals surface area contributed by atoms with Crippen molar-refractivity contribution < 1.29 is 9.59 Å². The number of unbranched alkanes of at least 4 members (excludes halogenated alkanes) is 2. The minimum Gasteiger partial charge on any atom is -0.333 e. The van der Waals surface area contributed by atoms with Gasteiger partial charge in [0, 0.05) is 29.4 Å². The minimum atomic E-state index is -0.129. The van der Waals surface area contributed by atoms with Crippen LogP contribution in [0.5, 0.6) is 0 Å². The summed E-state index contributed by atoms with van der Waals surface area (Å²) in [6.07, 6.45) is 4.38. The van der Waals surface area contributed by atoms with Gasteiger partial charge in [-0.1, -0.05) is 57.3 Å². The number of thiophene rings is 1. The highest BCUT2D eigenvalue weighted by atomic mass is 35.5. The number of benzene rings is 1. The topological polar surface area (TPSA) is 40.6 Å². The Bertz CT molecular complexity index is 878. The quantitative estimate of drug-likeness (QED) is 0.434. The number of halogens is 1. The van der Waals surface area contributed by atoms with E-state index in [1.807, 2.05) is 29.2 Å². The molecule has 0 N–H and O–H groups in total.